The van der Waals surface area contributed by atoms with Crippen LogP contribution in [-0.2, 0) is 11.3 Å². The van der Waals surface area contributed by atoms with Crippen LogP contribution in [0, 0.1) is 12.8 Å². The Morgan fingerprint density at radius 2 is 1.97 bits per heavy atom. The van der Waals surface area contributed by atoms with Gasteiger partial charge in [0.05, 0.1) is 24.6 Å². The Bertz CT molecular complexity index is 1040. The molecule has 3 aromatic rings. The molecule has 1 N–H and O–H groups in total. The molecule has 168 valence electrons. The number of rotatable bonds is 9. The highest BCUT2D eigenvalue weighted by atomic mass is 32.2. The molecule has 1 aliphatic heterocycles. The topological polar surface area (TPSA) is 76.2 Å². The van der Waals surface area contributed by atoms with Gasteiger partial charge in [-0.3, -0.25) is 9.36 Å². The quantitative estimate of drug-likeness (QED) is 0.492. The van der Waals surface area contributed by atoms with Gasteiger partial charge < -0.3 is 14.6 Å². The molecule has 8 heteroatoms. The molecule has 1 saturated carbocycles. The number of furan rings is 1. The van der Waals surface area contributed by atoms with E-state index in [2.05, 4.69) is 56.2 Å². The smallest absolute Gasteiger partial charge is 0.230 e. The number of nitrogens with one attached hydrogen (secondary N) is 1. The van der Waals surface area contributed by atoms with Crippen molar-refractivity contribution in [3.05, 3.63) is 59.5 Å². The molecule has 7 nitrogen and oxygen atoms in total. The van der Waals surface area contributed by atoms with Crippen LogP contribution in [0.2, 0.25) is 0 Å². The largest absolute Gasteiger partial charge is 0.467 e. The monoisotopic (exact) mass is 451 g/mol. The molecule has 2 fully saturated rings. The van der Waals surface area contributed by atoms with Crippen molar-refractivity contribution in [2.75, 3.05) is 23.7 Å². The zero-order valence-electron chi connectivity index (χ0n) is 18.4. The van der Waals surface area contributed by atoms with Gasteiger partial charge in [0, 0.05) is 13.1 Å². The molecular formula is C24H29N5O2S. The number of aromatic nitrogens is 3. The molecule has 3 heterocycles. The van der Waals surface area contributed by atoms with Crippen LogP contribution in [-0.4, -0.2) is 39.5 Å². The second-order valence-electron chi connectivity index (χ2n) is 8.72. The van der Waals surface area contributed by atoms with E-state index in [-0.39, 0.29) is 11.9 Å². The highest BCUT2D eigenvalue weighted by molar-refractivity contribution is 7.99. The number of carbonyl (C=O) groups is 1. The number of hydrogen-bond donors (Lipinski definition) is 1. The fourth-order valence-corrected chi connectivity index (χ4v) is 5.00. The molecule has 32 heavy (non-hydrogen) atoms. The molecule has 0 spiro atoms. The molecule has 1 saturated heterocycles. The first kappa shape index (κ1) is 21.1. The maximum Gasteiger partial charge on any atom is 0.230 e. The molecule has 1 atom stereocenters. The van der Waals surface area contributed by atoms with Crippen molar-refractivity contribution in [1.82, 2.24) is 20.1 Å². The lowest BCUT2D eigenvalue weighted by Gasteiger charge is -2.19. The van der Waals surface area contributed by atoms with E-state index >= 15 is 0 Å². The number of aryl methyl sites for hydroxylation is 1. The van der Waals surface area contributed by atoms with Crippen molar-refractivity contribution in [2.24, 2.45) is 5.92 Å². The molecule has 2 aliphatic rings. The van der Waals surface area contributed by atoms with Gasteiger partial charge in [0.15, 0.2) is 5.16 Å². The normalized spacial score (nSPS) is 17.0. The first-order chi connectivity index (χ1) is 15.7. The predicted molar refractivity (Wildman–Crippen MR) is 125 cm³/mol. The lowest BCUT2D eigenvalue weighted by molar-refractivity contribution is -0.119. The molecule has 0 radical (unpaired) electrons. The highest BCUT2D eigenvalue weighted by Gasteiger charge is 2.33. The molecule has 1 aliphatic carbocycles. The Kier molecular flexibility index (Phi) is 6.21. The lowest BCUT2D eigenvalue weighted by Crippen LogP contribution is -2.31. The summed E-state index contributed by atoms with van der Waals surface area (Å²) in [6, 6.07) is 12.4. The van der Waals surface area contributed by atoms with E-state index < -0.39 is 0 Å². The van der Waals surface area contributed by atoms with Gasteiger partial charge in [-0.25, -0.2) is 0 Å². The zero-order valence-corrected chi connectivity index (χ0v) is 19.2. The van der Waals surface area contributed by atoms with Gasteiger partial charge in [0.1, 0.15) is 5.76 Å². The number of carbonyl (C=O) groups excluding carboxylic acids is 1. The lowest BCUT2D eigenvalue weighted by atomic mass is 10.0. The standard InChI is InChI=1S/C24H29N5O2S/c1-17-6-8-18(9-7-17)22(19-10-11-19)25-21(30)16-32-24-27-26-23(28-12-2-3-13-28)29(24)15-20-5-4-14-31-20/h4-9,14,19,22H,2-3,10-13,15-16H2,1H3,(H,25,30). The molecule has 2 aromatic heterocycles. The van der Waals surface area contributed by atoms with Gasteiger partial charge in [-0.1, -0.05) is 41.6 Å². The summed E-state index contributed by atoms with van der Waals surface area (Å²) in [6.07, 6.45) is 6.35. The van der Waals surface area contributed by atoms with E-state index in [1.54, 1.807) is 6.26 Å². The summed E-state index contributed by atoms with van der Waals surface area (Å²) >= 11 is 1.44. The average Bonchev–Trinajstić information content (AvgIpc) is 3.18. The van der Waals surface area contributed by atoms with Crippen LogP contribution in [0.15, 0.2) is 52.2 Å². The maximum atomic E-state index is 12.9. The SMILES string of the molecule is Cc1ccc(C(NC(=O)CSc2nnc(N3CCCC3)n2Cc2ccco2)C2CC2)cc1. The van der Waals surface area contributed by atoms with E-state index in [1.807, 2.05) is 12.1 Å². The zero-order chi connectivity index (χ0) is 21.9. The fourth-order valence-electron chi connectivity index (χ4n) is 4.26. The van der Waals surface area contributed by atoms with Crippen molar-refractivity contribution in [1.29, 1.82) is 0 Å². The molecule has 5 rings (SSSR count). The summed E-state index contributed by atoms with van der Waals surface area (Å²) in [5, 5.41) is 12.9. The van der Waals surface area contributed by atoms with Crippen molar-refractivity contribution < 1.29 is 9.21 Å². The van der Waals surface area contributed by atoms with Gasteiger partial charge in [-0.05, 0) is 56.2 Å². The maximum absolute atomic E-state index is 12.9. The van der Waals surface area contributed by atoms with Crippen LogP contribution in [0.5, 0.6) is 0 Å². The van der Waals surface area contributed by atoms with E-state index in [0.717, 1.165) is 30.0 Å². The highest BCUT2D eigenvalue weighted by Crippen LogP contribution is 2.41. The van der Waals surface area contributed by atoms with E-state index in [9.17, 15) is 4.79 Å². The third kappa shape index (κ3) is 4.85. The Balaban J connectivity index is 1.27. The van der Waals surface area contributed by atoms with Gasteiger partial charge >= 0.3 is 0 Å². The van der Waals surface area contributed by atoms with Crippen LogP contribution in [0.25, 0.3) is 0 Å². The number of thioether (sulfide) groups is 1. The Hall–Kier alpha value is -2.74. The van der Waals surface area contributed by atoms with Gasteiger partial charge in [-0.2, -0.15) is 0 Å². The predicted octanol–water partition coefficient (Wildman–Crippen LogP) is 4.19. The fraction of sp³-hybridized carbons (Fsp3) is 0.458. The van der Waals surface area contributed by atoms with Crippen LogP contribution < -0.4 is 10.2 Å². The van der Waals surface area contributed by atoms with Crippen LogP contribution in [0.3, 0.4) is 0 Å². The summed E-state index contributed by atoms with van der Waals surface area (Å²) in [5.74, 6) is 2.59. The minimum absolute atomic E-state index is 0.0303. The van der Waals surface area contributed by atoms with Crippen molar-refractivity contribution >= 4 is 23.6 Å². The first-order valence-electron chi connectivity index (χ1n) is 11.4. The molecule has 1 aromatic carbocycles. The Morgan fingerprint density at radius 3 is 2.66 bits per heavy atom. The summed E-state index contributed by atoms with van der Waals surface area (Å²) in [5.41, 5.74) is 2.42. The van der Waals surface area contributed by atoms with Crippen LogP contribution in [0.4, 0.5) is 5.95 Å². The average molecular weight is 452 g/mol. The summed E-state index contributed by atoms with van der Waals surface area (Å²) in [6.45, 7) is 4.62. The number of amides is 1. The molecule has 1 unspecified atom stereocenters. The molecule has 1 amide bonds. The van der Waals surface area contributed by atoms with Gasteiger partial charge in [0.25, 0.3) is 0 Å². The van der Waals surface area contributed by atoms with E-state index in [0.29, 0.717) is 18.2 Å². The second-order valence-corrected chi connectivity index (χ2v) is 9.67. The molecular weight excluding hydrogens is 422 g/mol. The number of nitrogens with zero attached hydrogens (tertiary/aromatic N) is 4. The third-order valence-electron chi connectivity index (χ3n) is 6.16. The number of anilines is 1. The Labute approximate surface area is 192 Å². The second kappa shape index (κ2) is 9.40. The summed E-state index contributed by atoms with van der Waals surface area (Å²) in [4.78, 5) is 15.1. The van der Waals surface area contributed by atoms with Crippen LogP contribution in [0.1, 0.15) is 48.6 Å². The van der Waals surface area contributed by atoms with Crippen molar-refractivity contribution in [2.45, 2.75) is 50.4 Å². The summed E-state index contributed by atoms with van der Waals surface area (Å²) in [7, 11) is 0. The first-order valence-corrected chi connectivity index (χ1v) is 12.4. The number of hydrogen-bond acceptors (Lipinski definition) is 6. The minimum Gasteiger partial charge on any atom is -0.467 e. The third-order valence-corrected chi connectivity index (χ3v) is 7.13. The number of benzene rings is 1. The minimum atomic E-state index is 0.0303. The van der Waals surface area contributed by atoms with E-state index in [1.165, 1.54) is 48.6 Å². The van der Waals surface area contributed by atoms with Crippen LogP contribution >= 0.6 is 11.8 Å². The van der Waals surface area contributed by atoms with Crippen molar-refractivity contribution in [3.63, 3.8) is 0 Å². The van der Waals surface area contributed by atoms with Gasteiger partial charge in [-0.15, -0.1) is 10.2 Å². The van der Waals surface area contributed by atoms with Crippen molar-refractivity contribution in [3.8, 4) is 0 Å². The van der Waals surface area contributed by atoms with E-state index in [4.69, 9.17) is 4.42 Å². The molecule has 0 bridgehead atoms. The Morgan fingerprint density at radius 1 is 1.19 bits per heavy atom. The van der Waals surface area contributed by atoms with Gasteiger partial charge in [0.2, 0.25) is 11.9 Å². The summed E-state index contributed by atoms with van der Waals surface area (Å²) < 4.78 is 7.63.